The summed E-state index contributed by atoms with van der Waals surface area (Å²) < 4.78 is 0. The van der Waals surface area contributed by atoms with Crippen molar-refractivity contribution < 1.29 is 4.79 Å². The van der Waals surface area contributed by atoms with E-state index in [9.17, 15) is 4.79 Å². The van der Waals surface area contributed by atoms with E-state index in [1.54, 1.807) is 0 Å². The Kier molecular flexibility index (Phi) is 3.76. The van der Waals surface area contributed by atoms with Crippen molar-refractivity contribution >= 4 is 11.6 Å². The fourth-order valence-corrected chi connectivity index (χ4v) is 3.55. The molecule has 2 aliphatic rings. The minimum atomic E-state index is 0.0250. The summed E-state index contributed by atoms with van der Waals surface area (Å²) in [5, 5.41) is 0. The van der Waals surface area contributed by atoms with Gasteiger partial charge in [0.1, 0.15) is 0 Å². The van der Waals surface area contributed by atoms with Crippen LogP contribution in [-0.4, -0.2) is 42.5 Å². The maximum Gasteiger partial charge on any atom is 0.244 e. The van der Waals surface area contributed by atoms with Crippen molar-refractivity contribution in [2.45, 2.75) is 38.8 Å². The van der Waals surface area contributed by atoms with Crippen LogP contribution >= 0.6 is 0 Å². The molecule has 0 radical (unpaired) electrons. The number of nitrogens with zero attached hydrogens (tertiary/aromatic N) is 2. The molecule has 1 aromatic carbocycles. The first-order valence-electron chi connectivity index (χ1n) is 7.85. The molecule has 2 heterocycles. The third-order valence-electron chi connectivity index (χ3n) is 5.03. The molecular weight excluding hydrogens is 262 g/mol. The lowest BCUT2D eigenvalue weighted by atomic mass is 9.79. The average Bonchev–Trinajstić information content (AvgIpc) is 2.85. The van der Waals surface area contributed by atoms with Crippen molar-refractivity contribution in [3.8, 4) is 0 Å². The first-order chi connectivity index (χ1) is 9.99. The van der Waals surface area contributed by atoms with Crippen molar-refractivity contribution in [2.75, 3.05) is 24.5 Å². The van der Waals surface area contributed by atoms with Gasteiger partial charge in [-0.05, 0) is 30.4 Å². The monoisotopic (exact) mass is 287 g/mol. The first-order valence-corrected chi connectivity index (χ1v) is 7.85. The molecule has 2 N–H and O–H groups in total. The van der Waals surface area contributed by atoms with Gasteiger partial charge in [0.15, 0.2) is 0 Å². The summed E-state index contributed by atoms with van der Waals surface area (Å²) in [5.74, 6) is 0.243. The van der Waals surface area contributed by atoms with Gasteiger partial charge >= 0.3 is 0 Å². The van der Waals surface area contributed by atoms with Crippen LogP contribution in [0.1, 0.15) is 26.7 Å². The molecule has 0 bridgehead atoms. The molecule has 2 saturated heterocycles. The number of carbonyl (C=O) groups excluding carboxylic acids is 1. The van der Waals surface area contributed by atoms with E-state index in [4.69, 9.17) is 5.73 Å². The number of rotatable bonds is 2. The summed E-state index contributed by atoms with van der Waals surface area (Å²) >= 11 is 0. The van der Waals surface area contributed by atoms with Gasteiger partial charge in [-0.25, -0.2) is 0 Å². The number of piperidine rings is 1. The fraction of sp³-hybridized carbons (Fsp3) is 0.588. The number of amides is 1. The van der Waals surface area contributed by atoms with E-state index in [0.717, 1.165) is 38.2 Å². The molecular formula is C17H25N3O. The molecule has 0 spiro atoms. The second kappa shape index (κ2) is 5.43. The highest BCUT2D eigenvalue weighted by Gasteiger charge is 2.42. The molecule has 0 aromatic heterocycles. The summed E-state index contributed by atoms with van der Waals surface area (Å²) in [6, 6.07) is 10.2. The van der Waals surface area contributed by atoms with Crippen LogP contribution in [0.3, 0.4) is 0 Å². The zero-order valence-corrected chi connectivity index (χ0v) is 13.0. The predicted octanol–water partition coefficient (Wildman–Crippen LogP) is 1.85. The zero-order valence-electron chi connectivity index (χ0n) is 13.0. The second-order valence-corrected chi connectivity index (χ2v) is 6.98. The molecule has 1 aromatic rings. The minimum Gasteiger partial charge on any atom is -0.327 e. The van der Waals surface area contributed by atoms with Crippen LogP contribution in [0.5, 0.6) is 0 Å². The highest BCUT2D eigenvalue weighted by Crippen LogP contribution is 2.32. The topological polar surface area (TPSA) is 49.6 Å². The van der Waals surface area contributed by atoms with E-state index in [1.807, 2.05) is 35.2 Å². The molecule has 4 nitrogen and oxygen atoms in total. The largest absolute Gasteiger partial charge is 0.327 e. The van der Waals surface area contributed by atoms with Gasteiger partial charge < -0.3 is 10.6 Å². The molecule has 4 heteroatoms. The Labute approximate surface area is 126 Å². The van der Waals surface area contributed by atoms with Gasteiger partial charge in [0.25, 0.3) is 0 Å². The third-order valence-corrected chi connectivity index (χ3v) is 5.03. The van der Waals surface area contributed by atoms with Crippen molar-refractivity contribution in [2.24, 2.45) is 11.1 Å². The summed E-state index contributed by atoms with van der Waals surface area (Å²) in [4.78, 5) is 17.0. The Hall–Kier alpha value is -1.39. The van der Waals surface area contributed by atoms with Gasteiger partial charge in [-0.3, -0.25) is 9.69 Å². The number of hydrogen-bond donors (Lipinski definition) is 1. The smallest absolute Gasteiger partial charge is 0.244 e. The number of anilines is 1. The Bertz CT molecular complexity index is 514. The lowest BCUT2D eigenvalue weighted by Crippen LogP contribution is -2.56. The van der Waals surface area contributed by atoms with Gasteiger partial charge in [0, 0.05) is 31.4 Å². The van der Waals surface area contributed by atoms with Gasteiger partial charge in [0.05, 0.1) is 6.04 Å². The molecule has 2 atom stereocenters. The van der Waals surface area contributed by atoms with E-state index in [0.29, 0.717) is 0 Å². The van der Waals surface area contributed by atoms with Crippen LogP contribution in [-0.2, 0) is 4.79 Å². The van der Waals surface area contributed by atoms with Crippen molar-refractivity contribution in [1.82, 2.24) is 4.90 Å². The molecule has 2 fully saturated rings. The Morgan fingerprint density at radius 2 is 1.86 bits per heavy atom. The van der Waals surface area contributed by atoms with E-state index >= 15 is 0 Å². The SMILES string of the molecule is CC1(C)CN(C2CCN(c3ccccc3)C2=O)CCC1N. The van der Waals surface area contributed by atoms with Crippen LogP contribution in [0.25, 0.3) is 0 Å². The third kappa shape index (κ3) is 2.70. The molecule has 2 aliphatic heterocycles. The number of para-hydroxylation sites is 1. The molecule has 0 saturated carbocycles. The number of benzene rings is 1. The van der Waals surface area contributed by atoms with E-state index in [1.165, 1.54) is 0 Å². The summed E-state index contributed by atoms with van der Waals surface area (Å²) in [5.41, 5.74) is 7.30. The Morgan fingerprint density at radius 1 is 1.14 bits per heavy atom. The van der Waals surface area contributed by atoms with Gasteiger partial charge in [-0.15, -0.1) is 0 Å². The minimum absolute atomic E-state index is 0.0250. The first kappa shape index (κ1) is 14.5. The second-order valence-electron chi connectivity index (χ2n) is 6.98. The normalized spacial score (nSPS) is 29.9. The molecule has 114 valence electrons. The van der Waals surface area contributed by atoms with Crippen LogP contribution in [0.2, 0.25) is 0 Å². The van der Waals surface area contributed by atoms with Crippen molar-refractivity contribution in [1.29, 1.82) is 0 Å². The lowest BCUT2D eigenvalue weighted by Gasteiger charge is -2.44. The highest BCUT2D eigenvalue weighted by atomic mass is 16.2. The quantitative estimate of drug-likeness (QED) is 0.903. The number of carbonyl (C=O) groups is 1. The van der Waals surface area contributed by atoms with Crippen molar-refractivity contribution in [3.05, 3.63) is 30.3 Å². The van der Waals surface area contributed by atoms with Gasteiger partial charge in [-0.2, -0.15) is 0 Å². The summed E-state index contributed by atoms with van der Waals surface area (Å²) in [6.07, 6.45) is 1.89. The molecule has 21 heavy (non-hydrogen) atoms. The predicted molar refractivity (Wildman–Crippen MR) is 85.1 cm³/mol. The van der Waals surface area contributed by atoms with E-state index < -0.39 is 0 Å². The lowest BCUT2D eigenvalue weighted by molar-refractivity contribution is -0.122. The average molecular weight is 287 g/mol. The van der Waals surface area contributed by atoms with Gasteiger partial charge in [-0.1, -0.05) is 32.0 Å². The van der Waals surface area contributed by atoms with Gasteiger partial charge in [0.2, 0.25) is 5.91 Å². The molecule has 2 unspecified atom stereocenters. The maximum absolute atomic E-state index is 12.8. The molecule has 1 amide bonds. The van der Waals surface area contributed by atoms with Crippen LogP contribution in [0, 0.1) is 5.41 Å². The van der Waals surface area contributed by atoms with Crippen molar-refractivity contribution in [3.63, 3.8) is 0 Å². The zero-order chi connectivity index (χ0) is 15.0. The summed E-state index contributed by atoms with van der Waals surface area (Å²) in [7, 11) is 0. The number of likely N-dealkylation sites (tertiary alicyclic amines) is 1. The van der Waals surface area contributed by atoms with Crippen LogP contribution in [0.4, 0.5) is 5.69 Å². The maximum atomic E-state index is 12.8. The Balaban J connectivity index is 1.73. The fourth-order valence-electron chi connectivity index (χ4n) is 3.55. The highest BCUT2D eigenvalue weighted by molar-refractivity contribution is 5.99. The van der Waals surface area contributed by atoms with Crippen LogP contribution in [0.15, 0.2) is 30.3 Å². The number of nitrogens with two attached hydrogens (primary N) is 1. The number of hydrogen-bond acceptors (Lipinski definition) is 3. The molecule has 3 rings (SSSR count). The standard InChI is InChI=1S/C17H25N3O/c1-17(2)12-19(10-9-15(17)18)14-8-11-20(16(14)21)13-6-4-3-5-7-13/h3-7,14-15H,8-12,18H2,1-2H3. The van der Waals surface area contributed by atoms with Crippen LogP contribution < -0.4 is 10.6 Å². The molecule has 0 aliphatic carbocycles. The van der Waals surface area contributed by atoms with E-state index in [-0.39, 0.29) is 23.4 Å². The summed E-state index contributed by atoms with van der Waals surface area (Å²) in [6.45, 7) is 7.07. The Morgan fingerprint density at radius 3 is 2.52 bits per heavy atom. The van der Waals surface area contributed by atoms with E-state index in [2.05, 4.69) is 18.7 Å².